The lowest BCUT2D eigenvalue weighted by Gasteiger charge is -2.29. The van der Waals surface area contributed by atoms with Crippen LogP contribution in [0, 0.1) is 6.92 Å². The standard InChI is InChI=1S/C26H27N3O3S/c1-3-32-22-11-8-19(9-12-22)15-27-26(31)28-21-10-13-24-23(14-21)29(25(30)17-33-24)16-20-6-4-18(2)5-7-20/h4-14H,3,15-17H2,1-2H3,(H2,27,28,31). The minimum Gasteiger partial charge on any atom is -0.494 e. The van der Waals surface area contributed by atoms with Crippen molar-refractivity contribution in [2.75, 3.05) is 22.6 Å². The van der Waals surface area contributed by atoms with Gasteiger partial charge in [-0.05, 0) is 55.3 Å². The topological polar surface area (TPSA) is 70.7 Å². The summed E-state index contributed by atoms with van der Waals surface area (Å²) >= 11 is 1.52. The van der Waals surface area contributed by atoms with Gasteiger partial charge in [-0.2, -0.15) is 0 Å². The van der Waals surface area contributed by atoms with E-state index in [1.165, 1.54) is 17.3 Å². The van der Waals surface area contributed by atoms with Crippen LogP contribution < -0.4 is 20.3 Å². The highest BCUT2D eigenvalue weighted by Crippen LogP contribution is 2.38. The Labute approximate surface area is 198 Å². The predicted octanol–water partition coefficient (Wildman–Crippen LogP) is 5.35. The van der Waals surface area contributed by atoms with Gasteiger partial charge in [0.2, 0.25) is 5.91 Å². The van der Waals surface area contributed by atoms with Gasteiger partial charge in [-0.15, -0.1) is 11.8 Å². The lowest BCUT2D eigenvalue weighted by atomic mass is 10.1. The van der Waals surface area contributed by atoms with E-state index in [0.717, 1.165) is 27.5 Å². The molecule has 0 spiro atoms. The molecule has 33 heavy (non-hydrogen) atoms. The molecule has 0 bridgehead atoms. The summed E-state index contributed by atoms with van der Waals surface area (Å²) in [5.74, 6) is 1.28. The minimum atomic E-state index is -0.302. The van der Waals surface area contributed by atoms with E-state index in [-0.39, 0.29) is 11.9 Å². The molecule has 4 rings (SSSR count). The second kappa shape index (κ2) is 10.4. The van der Waals surface area contributed by atoms with E-state index in [0.29, 0.717) is 31.1 Å². The third-order valence-electron chi connectivity index (χ3n) is 5.31. The largest absolute Gasteiger partial charge is 0.494 e. The summed E-state index contributed by atoms with van der Waals surface area (Å²) in [6.45, 7) is 5.50. The first-order valence-corrected chi connectivity index (χ1v) is 11.9. The first-order valence-electron chi connectivity index (χ1n) is 10.9. The van der Waals surface area contributed by atoms with Gasteiger partial charge >= 0.3 is 6.03 Å². The van der Waals surface area contributed by atoms with E-state index < -0.39 is 0 Å². The number of thioether (sulfide) groups is 1. The summed E-state index contributed by atoms with van der Waals surface area (Å²) < 4.78 is 5.44. The number of amides is 3. The third-order valence-corrected chi connectivity index (χ3v) is 6.36. The molecule has 0 saturated heterocycles. The van der Waals surface area contributed by atoms with E-state index in [9.17, 15) is 9.59 Å². The monoisotopic (exact) mass is 461 g/mol. The number of fused-ring (bicyclic) bond motifs is 1. The Balaban J connectivity index is 1.41. The number of hydrogen-bond donors (Lipinski definition) is 2. The second-order valence-corrected chi connectivity index (χ2v) is 8.84. The van der Waals surface area contributed by atoms with Crippen molar-refractivity contribution in [1.29, 1.82) is 0 Å². The highest BCUT2D eigenvalue weighted by atomic mass is 32.2. The zero-order valence-corrected chi connectivity index (χ0v) is 19.6. The molecule has 0 radical (unpaired) electrons. The molecule has 0 fully saturated rings. The minimum absolute atomic E-state index is 0.0603. The first-order chi connectivity index (χ1) is 16.0. The molecule has 3 amide bonds. The van der Waals surface area contributed by atoms with Crippen LogP contribution in [0.15, 0.2) is 71.6 Å². The maximum Gasteiger partial charge on any atom is 0.319 e. The van der Waals surface area contributed by atoms with E-state index in [4.69, 9.17) is 4.74 Å². The Kier molecular flexibility index (Phi) is 7.19. The number of nitrogens with zero attached hydrogens (tertiary/aromatic N) is 1. The summed E-state index contributed by atoms with van der Waals surface area (Å²) in [6, 6.07) is 21.2. The van der Waals surface area contributed by atoms with Gasteiger partial charge in [-0.3, -0.25) is 4.79 Å². The van der Waals surface area contributed by atoms with Crippen LogP contribution in [-0.2, 0) is 17.9 Å². The van der Waals surface area contributed by atoms with Crippen LogP contribution in [0.1, 0.15) is 23.6 Å². The van der Waals surface area contributed by atoms with Crippen molar-refractivity contribution < 1.29 is 14.3 Å². The number of carbonyl (C=O) groups excluding carboxylic acids is 2. The Morgan fingerprint density at radius 2 is 1.76 bits per heavy atom. The highest BCUT2D eigenvalue weighted by Gasteiger charge is 2.25. The predicted molar refractivity (Wildman–Crippen MR) is 133 cm³/mol. The van der Waals surface area contributed by atoms with Gasteiger partial charge < -0.3 is 20.3 Å². The molecule has 0 saturated carbocycles. The van der Waals surface area contributed by atoms with Gasteiger partial charge in [-0.1, -0.05) is 42.0 Å². The molecule has 2 N–H and O–H groups in total. The Bertz CT molecular complexity index is 1130. The molecular weight excluding hydrogens is 434 g/mol. The maximum atomic E-state index is 12.7. The smallest absolute Gasteiger partial charge is 0.319 e. The van der Waals surface area contributed by atoms with E-state index in [1.54, 1.807) is 4.90 Å². The molecule has 0 unspecified atom stereocenters. The normalized spacial score (nSPS) is 12.8. The molecule has 0 aliphatic carbocycles. The fourth-order valence-electron chi connectivity index (χ4n) is 3.56. The number of anilines is 2. The van der Waals surface area contributed by atoms with Gasteiger partial charge in [0.05, 0.1) is 24.6 Å². The second-order valence-electron chi connectivity index (χ2n) is 7.82. The number of aryl methyl sites for hydroxylation is 1. The van der Waals surface area contributed by atoms with Crippen molar-refractivity contribution in [2.24, 2.45) is 0 Å². The number of ether oxygens (including phenoxy) is 1. The zero-order chi connectivity index (χ0) is 23.2. The summed E-state index contributed by atoms with van der Waals surface area (Å²) in [7, 11) is 0. The summed E-state index contributed by atoms with van der Waals surface area (Å²) in [5, 5.41) is 5.75. The fraction of sp³-hybridized carbons (Fsp3) is 0.231. The van der Waals surface area contributed by atoms with Gasteiger partial charge in [0.15, 0.2) is 0 Å². The van der Waals surface area contributed by atoms with Crippen LogP contribution >= 0.6 is 11.8 Å². The van der Waals surface area contributed by atoms with Crippen molar-refractivity contribution in [2.45, 2.75) is 31.8 Å². The first kappa shape index (κ1) is 22.7. The summed E-state index contributed by atoms with van der Waals surface area (Å²) in [4.78, 5) is 28.0. The molecule has 6 nitrogen and oxygen atoms in total. The van der Waals surface area contributed by atoms with Crippen LogP contribution in [0.3, 0.4) is 0 Å². The summed E-state index contributed by atoms with van der Waals surface area (Å²) in [6.07, 6.45) is 0. The lowest BCUT2D eigenvalue weighted by Crippen LogP contribution is -2.35. The van der Waals surface area contributed by atoms with Crippen molar-refractivity contribution in [3.63, 3.8) is 0 Å². The molecule has 3 aromatic rings. The quantitative estimate of drug-likeness (QED) is 0.497. The average molecular weight is 462 g/mol. The van der Waals surface area contributed by atoms with Gasteiger partial charge in [-0.25, -0.2) is 4.79 Å². The molecule has 7 heteroatoms. The van der Waals surface area contributed by atoms with E-state index in [2.05, 4.69) is 10.6 Å². The van der Waals surface area contributed by atoms with Gasteiger partial charge in [0, 0.05) is 17.1 Å². The van der Waals surface area contributed by atoms with Gasteiger partial charge in [0.1, 0.15) is 5.75 Å². The number of rotatable bonds is 7. The summed E-state index contributed by atoms with van der Waals surface area (Å²) in [5.41, 5.74) is 4.69. The average Bonchev–Trinajstić information content (AvgIpc) is 2.82. The number of nitrogens with one attached hydrogen (secondary N) is 2. The highest BCUT2D eigenvalue weighted by molar-refractivity contribution is 8.00. The molecule has 0 aromatic heterocycles. The Hall–Kier alpha value is -3.45. The van der Waals surface area contributed by atoms with E-state index in [1.807, 2.05) is 80.6 Å². The molecular formula is C26H27N3O3S. The molecule has 1 aliphatic rings. The van der Waals surface area contributed by atoms with Crippen molar-refractivity contribution >= 4 is 35.1 Å². The van der Waals surface area contributed by atoms with E-state index >= 15 is 0 Å². The maximum absolute atomic E-state index is 12.7. The number of hydrogen-bond acceptors (Lipinski definition) is 4. The molecule has 1 heterocycles. The SMILES string of the molecule is CCOc1ccc(CNC(=O)Nc2ccc3c(c2)N(Cc2ccc(C)cc2)C(=O)CS3)cc1. The van der Waals surface area contributed by atoms with Crippen LogP contribution in [0.2, 0.25) is 0 Å². The zero-order valence-electron chi connectivity index (χ0n) is 18.8. The van der Waals surface area contributed by atoms with Crippen LogP contribution in [0.4, 0.5) is 16.2 Å². The Morgan fingerprint density at radius 3 is 2.48 bits per heavy atom. The number of benzene rings is 3. The van der Waals surface area contributed by atoms with Crippen LogP contribution in [-0.4, -0.2) is 24.3 Å². The third kappa shape index (κ3) is 5.87. The molecule has 3 aromatic carbocycles. The van der Waals surface area contributed by atoms with Crippen molar-refractivity contribution in [3.05, 3.63) is 83.4 Å². The van der Waals surface area contributed by atoms with Crippen LogP contribution in [0.25, 0.3) is 0 Å². The number of carbonyl (C=O) groups is 2. The van der Waals surface area contributed by atoms with Crippen LogP contribution in [0.5, 0.6) is 5.75 Å². The fourth-order valence-corrected chi connectivity index (χ4v) is 4.47. The lowest BCUT2D eigenvalue weighted by molar-refractivity contribution is -0.116. The van der Waals surface area contributed by atoms with Crippen molar-refractivity contribution in [1.82, 2.24) is 5.32 Å². The van der Waals surface area contributed by atoms with Gasteiger partial charge in [0.25, 0.3) is 0 Å². The number of urea groups is 1. The molecule has 1 aliphatic heterocycles. The molecule has 0 atom stereocenters. The van der Waals surface area contributed by atoms with Crippen molar-refractivity contribution in [3.8, 4) is 5.75 Å². The molecule has 170 valence electrons. The Morgan fingerprint density at radius 1 is 1.03 bits per heavy atom.